The molecule has 6 nitrogen and oxygen atoms in total. The van der Waals surface area contributed by atoms with Crippen molar-refractivity contribution in [1.29, 1.82) is 0 Å². The highest BCUT2D eigenvalue weighted by molar-refractivity contribution is 6.04. The van der Waals surface area contributed by atoms with Gasteiger partial charge < -0.3 is 14.6 Å². The molecule has 9 heteroatoms. The second-order valence-corrected chi connectivity index (χ2v) is 6.61. The molecule has 0 radical (unpaired) electrons. The first-order valence-electron chi connectivity index (χ1n) is 9.04. The fourth-order valence-electron chi connectivity index (χ4n) is 2.84. The topological polar surface area (TPSA) is 77.4 Å². The van der Waals surface area contributed by atoms with Gasteiger partial charge in [0.2, 0.25) is 0 Å². The molecule has 0 aliphatic heterocycles. The average molecular weight is 430 g/mol. The summed E-state index contributed by atoms with van der Waals surface area (Å²) in [7, 11) is 1.26. The van der Waals surface area contributed by atoms with E-state index in [1.54, 1.807) is 0 Å². The molecule has 1 amide bonds. The van der Waals surface area contributed by atoms with Crippen LogP contribution >= 0.6 is 0 Å². The standard InChI is InChI=1S/C22H17F3N2O4/c1-31-21(30)15-5-8-18(9-6-15)26-20(29)16-7-10-19(28)27(13-16)12-14-3-2-4-17(11-14)22(23,24)25/h2-11,13H,12H2,1H3,(H,26,29). The molecule has 0 atom stereocenters. The van der Waals surface area contributed by atoms with Gasteiger partial charge >= 0.3 is 12.1 Å². The lowest BCUT2D eigenvalue weighted by Gasteiger charge is -2.11. The van der Waals surface area contributed by atoms with E-state index in [0.29, 0.717) is 11.3 Å². The molecule has 0 fully saturated rings. The minimum atomic E-state index is -4.49. The minimum absolute atomic E-state index is 0.127. The number of alkyl halides is 3. The van der Waals surface area contributed by atoms with Crippen LogP contribution in [0, 0.1) is 0 Å². The summed E-state index contributed by atoms with van der Waals surface area (Å²) in [6.45, 7) is -0.127. The molecular formula is C22H17F3N2O4. The number of carbonyl (C=O) groups excluding carboxylic acids is 2. The quantitative estimate of drug-likeness (QED) is 0.622. The molecule has 2 aromatic carbocycles. The van der Waals surface area contributed by atoms with E-state index in [1.807, 2.05) is 0 Å². The molecule has 3 rings (SSSR count). The maximum Gasteiger partial charge on any atom is 0.416 e. The lowest BCUT2D eigenvalue weighted by atomic mass is 10.1. The van der Waals surface area contributed by atoms with Crippen LogP contribution in [0.15, 0.2) is 71.7 Å². The Hall–Kier alpha value is -3.88. The van der Waals surface area contributed by atoms with Crippen LogP contribution in [0.1, 0.15) is 31.8 Å². The summed E-state index contributed by atoms with van der Waals surface area (Å²) < 4.78 is 44.5. The largest absolute Gasteiger partial charge is 0.465 e. The SMILES string of the molecule is COC(=O)c1ccc(NC(=O)c2ccc(=O)n(Cc3cccc(C(F)(F)F)c3)c2)cc1. The number of nitrogens with one attached hydrogen (secondary N) is 1. The number of halogens is 3. The number of aromatic nitrogens is 1. The number of hydrogen-bond acceptors (Lipinski definition) is 4. The van der Waals surface area contributed by atoms with Crippen molar-refractivity contribution in [3.8, 4) is 0 Å². The first kappa shape index (κ1) is 21.8. The molecule has 1 aromatic heterocycles. The van der Waals surface area contributed by atoms with E-state index >= 15 is 0 Å². The Morgan fingerprint density at radius 3 is 2.32 bits per heavy atom. The van der Waals surface area contributed by atoms with Crippen molar-refractivity contribution in [2.75, 3.05) is 12.4 Å². The number of methoxy groups -OCH3 is 1. The lowest BCUT2D eigenvalue weighted by Crippen LogP contribution is -2.22. The van der Waals surface area contributed by atoms with Gasteiger partial charge in [-0.05, 0) is 48.0 Å². The molecule has 0 unspecified atom stereocenters. The Bertz CT molecular complexity index is 1170. The summed E-state index contributed by atoms with van der Waals surface area (Å²) in [4.78, 5) is 36.1. The zero-order valence-corrected chi connectivity index (χ0v) is 16.3. The Labute approximate surface area is 174 Å². The first-order valence-corrected chi connectivity index (χ1v) is 9.04. The van der Waals surface area contributed by atoms with Crippen LogP contribution in [0.3, 0.4) is 0 Å². The number of pyridine rings is 1. The van der Waals surface area contributed by atoms with Crippen molar-refractivity contribution in [1.82, 2.24) is 4.57 Å². The van der Waals surface area contributed by atoms with Crippen LogP contribution in [0.5, 0.6) is 0 Å². The number of hydrogen-bond donors (Lipinski definition) is 1. The third kappa shape index (κ3) is 5.39. The summed E-state index contributed by atoms with van der Waals surface area (Å²) in [5.41, 5.74) is -0.140. The van der Waals surface area contributed by atoms with Gasteiger partial charge in [-0.15, -0.1) is 0 Å². The van der Waals surface area contributed by atoms with Gasteiger partial charge in [0, 0.05) is 18.0 Å². The summed E-state index contributed by atoms with van der Waals surface area (Å²) in [5, 5.41) is 2.63. The third-order valence-corrected chi connectivity index (χ3v) is 4.42. The zero-order chi connectivity index (χ0) is 22.6. The van der Waals surface area contributed by atoms with E-state index in [1.165, 1.54) is 61.8 Å². The normalized spacial score (nSPS) is 11.1. The van der Waals surface area contributed by atoms with Crippen LogP contribution in [-0.4, -0.2) is 23.6 Å². The number of amides is 1. The van der Waals surface area contributed by atoms with Crippen molar-refractivity contribution in [3.63, 3.8) is 0 Å². The number of ether oxygens (including phenoxy) is 1. The van der Waals surface area contributed by atoms with Crippen LogP contribution in [0.2, 0.25) is 0 Å². The molecule has 0 saturated carbocycles. The van der Waals surface area contributed by atoms with Crippen LogP contribution in [0.25, 0.3) is 0 Å². The maximum atomic E-state index is 12.9. The van der Waals surface area contributed by atoms with E-state index in [4.69, 9.17) is 0 Å². The predicted molar refractivity (Wildman–Crippen MR) is 107 cm³/mol. The second kappa shape index (κ2) is 8.86. The average Bonchev–Trinajstić information content (AvgIpc) is 2.75. The van der Waals surface area contributed by atoms with Gasteiger partial charge in [0.25, 0.3) is 11.5 Å². The third-order valence-electron chi connectivity index (χ3n) is 4.42. The number of benzene rings is 2. The minimum Gasteiger partial charge on any atom is -0.465 e. The van der Waals surface area contributed by atoms with Gasteiger partial charge in [-0.3, -0.25) is 9.59 Å². The van der Waals surface area contributed by atoms with Crippen molar-refractivity contribution in [3.05, 3.63) is 99.5 Å². The number of nitrogens with zero attached hydrogens (tertiary/aromatic N) is 1. The molecule has 31 heavy (non-hydrogen) atoms. The summed E-state index contributed by atoms with van der Waals surface area (Å²) in [5.74, 6) is -1.04. The zero-order valence-electron chi connectivity index (χ0n) is 16.3. The summed E-state index contributed by atoms with van der Waals surface area (Å²) >= 11 is 0. The van der Waals surface area contributed by atoms with Gasteiger partial charge in [0.1, 0.15) is 0 Å². The highest BCUT2D eigenvalue weighted by atomic mass is 19.4. The Morgan fingerprint density at radius 2 is 1.68 bits per heavy atom. The van der Waals surface area contributed by atoms with Crippen molar-refractivity contribution in [2.45, 2.75) is 12.7 Å². The molecule has 0 aliphatic carbocycles. The summed E-state index contributed by atoms with van der Waals surface area (Å²) in [6, 6.07) is 13.1. The Kier molecular flexibility index (Phi) is 6.24. The van der Waals surface area contributed by atoms with Gasteiger partial charge in [-0.1, -0.05) is 12.1 Å². The lowest BCUT2D eigenvalue weighted by molar-refractivity contribution is -0.137. The molecule has 0 bridgehead atoms. The van der Waals surface area contributed by atoms with E-state index in [9.17, 15) is 27.6 Å². The molecule has 1 N–H and O–H groups in total. The van der Waals surface area contributed by atoms with Crippen molar-refractivity contribution < 1.29 is 27.5 Å². The van der Waals surface area contributed by atoms with E-state index in [-0.39, 0.29) is 17.7 Å². The van der Waals surface area contributed by atoms with Gasteiger partial charge in [-0.2, -0.15) is 13.2 Å². The van der Waals surface area contributed by atoms with Crippen LogP contribution < -0.4 is 10.9 Å². The Balaban J connectivity index is 1.78. The fraction of sp³-hybridized carbons (Fsp3) is 0.136. The fourth-order valence-corrected chi connectivity index (χ4v) is 2.84. The maximum absolute atomic E-state index is 12.9. The number of esters is 1. The van der Waals surface area contributed by atoms with E-state index in [0.717, 1.165) is 16.7 Å². The monoisotopic (exact) mass is 430 g/mol. The van der Waals surface area contributed by atoms with Crippen molar-refractivity contribution in [2.24, 2.45) is 0 Å². The van der Waals surface area contributed by atoms with Gasteiger partial charge in [-0.25, -0.2) is 4.79 Å². The first-order chi connectivity index (χ1) is 14.7. The molecule has 3 aromatic rings. The van der Waals surface area contributed by atoms with Crippen LogP contribution in [-0.2, 0) is 17.5 Å². The van der Waals surface area contributed by atoms with Gasteiger partial charge in [0.15, 0.2) is 0 Å². The van der Waals surface area contributed by atoms with Gasteiger partial charge in [0.05, 0.1) is 30.3 Å². The molecular weight excluding hydrogens is 413 g/mol. The second-order valence-electron chi connectivity index (χ2n) is 6.61. The molecule has 0 saturated heterocycles. The number of rotatable bonds is 5. The predicted octanol–water partition coefficient (Wildman–Crippen LogP) is 3.95. The molecule has 160 valence electrons. The van der Waals surface area contributed by atoms with Crippen molar-refractivity contribution >= 4 is 17.6 Å². The molecule has 1 heterocycles. The van der Waals surface area contributed by atoms with E-state index < -0.39 is 29.2 Å². The van der Waals surface area contributed by atoms with E-state index in [2.05, 4.69) is 10.1 Å². The summed E-state index contributed by atoms with van der Waals surface area (Å²) in [6.07, 6.45) is -3.22. The molecule has 0 spiro atoms. The highest BCUT2D eigenvalue weighted by Crippen LogP contribution is 2.29. The van der Waals surface area contributed by atoms with Crippen LogP contribution in [0.4, 0.5) is 18.9 Å². The highest BCUT2D eigenvalue weighted by Gasteiger charge is 2.30. The smallest absolute Gasteiger partial charge is 0.416 e. The number of carbonyl (C=O) groups is 2. The number of anilines is 1. The molecule has 0 aliphatic rings. The Morgan fingerprint density at radius 1 is 1.00 bits per heavy atom.